The minimum atomic E-state index is -3.01. The van der Waals surface area contributed by atoms with Crippen LogP contribution in [0.25, 0.3) is 33.0 Å². The SMILES string of the molecule is c1ccc(-c2c(O[PH](c3ccccc3)(c3ccccc3)c3ccccc3)cccc2-c2cccc3ccccc23)cc1. The molecule has 0 amide bonds. The summed E-state index contributed by atoms with van der Waals surface area (Å²) in [4.78, 5) is 0. The van der Waals surface area contributed by atoms with Gasteiger partial charge in [-0.05, 0) is 0 Å². The van der Waals surface area contributed by atoms with E-state index in [4.69, 9.17) is 4.52 Å². The fourth-order valence-corrected chi connectivity index (χ4v) is 9.90. The predicted octanol–water partition coefficient (Wildman–Crippen LogP) is 9.19. The van der Waals surface area contributed by atoms with Gasteiger partial charge in [0.15, 0.2) is 0 Å². The molecule has 0 bridgehead atoms. The van der Waals surface area contributed by atoms with Gasteiger partial charge in [0, 0.05) is 0 Å². The van der Waals surface area contributed by atoms with Gasteiger partial charge in [-0.25, -0.2) is 0 Å². The molecule has 0 radical (unpaired) electrons. The summed E-state index contributed by atoms with van der Waals surface area (Å²) in [6.45, 7) is 0. The van der Waals surface area contributed by atoms with E-state index in [9.17, 15) is 0 Å². The normalized spacial score (nSPS) is 11.7. The molecule has 7 aromatic carbocycles. The molecule has 0 aromatic heterocycles. The molecule has 0 unspecified atom stereocenters. The Hall–Kier alpha value is -4.97. The van der Waals surface area contributed by atoms with E-state index < -0.39 is 7.49 Å². The average Bonchev–Trinajstić information content (AvgIpc) is 3.08. The fraction of sp³-hybridized carbons (Fsp3) is 0. The number of rotatable bonds is 7. The van der Waals surface area contributed by atoms with Crippen LogP contribution in [0.4, 0.5) is 0 Å². The number of fused-ring (bicyclic) bond motifs is 1. The number of hydrogen-bond donors (Lipinski definition) is 0. The predicted molar refractivity (Wildman–Crippen MR) is 182 cm³/mol. The summed E-state index contributed by atoms with van der Waals surface area (Å²) >= 11 is 0. The van der Waals surface area contributed by atoms with Crippen LogP contribution in [-0.4, -0.2) is 0 Å². The molecule has 0 atom stereocenters. The van der Waals surface area contributed by atoms with Crippen LogP contribution in [-0.2, 0) is 0 Å². The van der Waals surface area contributed by atoms with Crippen molar-refractivity contribution in [2.75, 3.05) is 0 Å². The van der Waals surface area contributed by atoms with E-state index in [1.54, 1.807) is 0 Å². The van der Waals surface area contributed by atoms with Gasteiger partial charge in [-0.2, -0.15) is 0 Å². The van der Waals surface area contributed by atoms with E-state index in [-0.39, 0.29) is 0 Å². The molecule has 0 heterocycles. The third kappa shape index (κ3) is 4.69. The molecule has 42 heavy (non-hydrogen) atoms. The second-order valence-electron chi connectivity index (χ2n) is 10.5. The van der Waals surface area contributed by atoms with Gasteiger partial charge in [-0.1, -0.05) is 0 Å². The van der Waals surface area contributed by atoms with Crippen LogP contribution in [0.15, 0.2) is 182 Å². The van der Waals surface area contributed by atoms with Crippen molar-refractivity contribution in [3.8, 4) is 28.0 Å². The van der Waals surface area contributed by atoms with Gasteiger partial charge < -0.3 is 0 Å². The molecule has 0 spiro atoms. The second kappa shape index (κ2) is 11.5. The summed E-state index contributed by atoms with van der Waals surface area (Å²) in [6, 6.07) is 64.7. The molecule has 0 aliphatic heterocycles. The molecule has 202 valence electrons. The van der Waals surface area contributed by atoms with Crippen LogP contribution >= 0.6 is 7.49 Å². The Bertz CT molecular complexity index is 1830. The Balaban J connectivity index is 1.54. The van der Waals surface area contributed by atoms with Crippen LogP contribution in [0, 0.1) is 0 Å². The maximum absolute atomic E-state index is 7.66. The molecule has 0 fully saturated rings. The molecule has 0 aliphatic rings. The van der Waals surface area contributed by atoms with E-state index >= 15 is 0 Å². The van der Waals surface area contributed by atoms with Crippen molar-refractivity contribution in [1.82, 2.24) is 0 Å². The monoisotopic (exact) mass is 558 g/mol. The van der Waals surface area contributed by atoms with Crippen molar-refractivity contribution >= 4 is 34.2 Å². The van der Waals surface area contributed by atoms with Gasteiger partial charge in [-0.3, -0.25) is 0 Å². The summed E-state index contributed by atoms with van der Waals surface area (Å²) in [5, 5.41) is 6.07. The quantitative estimate of drug-likeness (QED) is 0.177. The van der Waals surface area contributed by atoms with Crippen molar-refractivity contribution in [2.24, 2.45) is 0 Å². The average molecular weight is 559 g/mol. The van der Waals surface area contributed by atoms with Crippen molar-refractivity contribution in [3.05, 3.63) is 182 Å². The Morgan fingerprint density at radius 1 is 0.357 bits per heavy atom. The Labute approximate surface area is 248 Å². The van der Waals surface area contributed by atoms with Gasteiger partial charge >= 0.3 is 249 Å². The van der Waals surface area contributed by atoms with E-state index in [1.165, 1.54) is 32.2 Å². The summed E-state index contributed by atoms with van der Waals surface area (Å²) in [5.41, 5.74) is 4.60. The standard InChI is InChI=1S/C40H31OP/c1-5-18-32(19-6-1)40-38(37-28-15-20-31-17-13-14-27-36(31)37)29-16-30-39(40)41-42(33-21-7-2-8-22-33,34-23-9-3-10-24-34)35-25-11-4-12-26-35/h1-30,42H. The van der Waals surface area contributed by atoms with E-state index in [2.05, 4.69) is 182 Å². The maximum atomic E-state index is 7.66. The van der Waals surface area contributed by atoms with Crippen molar-refractivity contribution < 1.29 is 4.52 Å². The van der Waals surface area contributed by atoms with Crippen LogP contribution in [0.5, 0.6) is 5.75 Å². The van der Waals surface area contributed by atoms with Crippen LogP contribution < -0.4 is 20.4 Å². The molecular weight excluding hydrogens is 527 g/mol. The third-order valence-corrected chi connectivity index (χ3v) is 11.9. The molecule has 7 rings (SSSR count). The third-order valence-electron chi connectivity index (χ3n) is 7.97. The molecule has 7 aromatic rings. The van der Waals surface area contributed by atoms with E-state index in [0.717, 1.165) is 22.4 Å². The first-order valence-corrected chi connectivity index (χ1v) is 16.3. The molecule has 0 N–H and O–H groups in total. The first kappa shape index (κ1) is 26.0. The molecule has 1 nitrogen and oxygen atoms in total. The van der Waals surface area contributed by atoms with Crippen LogP contribution in [0.3, 0.4) is 0 Å². The molecule has 2 heteroatoms. The van der Waals surface area contributed by atoms with Crippen LogP contribution in [0.1, 0.15) is 0 Å². The van der Waals surface area contributed by atoms with Gasteiger partial charge in [0.05, 0.1) is 0 Å². The van der Waals surface area contributed by atoms with Gasteiger partial charge in [0.1, 0.15) is 0 Å². The van der Waals surface area contributed by atoms with Crippen LogP contribution in [0.2, 0.25) is 0 Å². The first-order chi connectivity index (χ1) is 20.8. The first-order valence-electron chi connectivity index (χ1n) is 14.4. The zero-order valence-corrected chi connectivity index (χ0v) is 24.2. The number of hydrogen-bond acceptors (Lipinski definition) is 1. The Morgan fingerprint density at radius 3 is 1.40 bits per heavy atom. The minimum absolute atomic E-state index is 0.884. The Morgan fingerprint density at radius 2 is 0.810 bits per heavy atom. The summed E-state index contributed by atoms with van der Waals surface area (Å²) in [5.74, 6) is 0.884. The van der Waals surface area contributed by atoms with Gasteiger partial charge in [0.25, 0.3) is 0 Å². The topological polar surface area (TPSA) is 9.23 Å². The summed E-state index contributed by atoms with van der Waals surface area (Å²) in [6.07, 6.45) is 0. The molecule has 0 saturated heterocycles. The summed E-state index contributed by atoms with van der Waals surface area (Å²) in [7, 11) is -3.01. The van der Waals surface area contributed by atoms with Crippen molar-refractivity contribution in [3.63, 3.8) is 0 Å². The summed E-state index contributed by atoms with van der Waals surface area (Å²) < 4.78 is 7.66. The zero-order valence-electron chi connectivity index (χ0n) is 23.2. The van der Waals surface area contributed by atoms with Gasteiger partial charge in [0.2, 0.25) is 0 Å². The van der Waals surface area contributed by atoms with Gasteiger partial charge in [-0.15, -0.1) is 0 Å². The molecule has 0 saturated carbocycles. The van der Waals surface area contributed by atoms with E-state index in [1.807, 2.05) is 0 Å². The van der Waals surface area contributed by atoms with Crippen molar-refractivity contribution in [1.29, 1.82) is 0 Å². The molecule has 0 aliphatic carbocycles. The Kier molecular flexibility index (Phi) is 7.10. The number of benzene rings is 7. The molecular formula is C40H31OP. The fourth-order valence-electron chi connectivity index (χ4n) is 6.06. The zero-order chi connectivity index (χ0) is 28.2. The second-order valence-corrected chi connectivity index (χ2v) is 13.8. The van der Waals surface area contributed by atoms with Crippen molar-refractivity contribution in [2.45, 2.75) is 0 Å². The van der Waals surface area contributed by atoms with E-state index in [0.29, 0.717) is 0 Å².